The van der Waals surface area contributed by atoms with Crippen LogP contribution in [0.5, 0.6) is 0 Å². The number of hydrogen-bond donors (Lipinski definition) is 2. The summed E-state index contributed by atoms with van der Waals surface area (Å²) in [5.74, 6) is -1.43. The third kappa shape index (κ3) is 1.65. The average molecular weight is 198 g/mol. The normalized spacial score (nSPS) is 31.1. The zero-order chi connectivity index (χ0) is 10.8. The van der Waals surface area contributed by atoms with Gasteiger partial charge in [0, 0.05) is 0 Å². The van der Waals surface area contributed by atoms with Crippen LogP contribution >= 0.6 is 0 Å². The van der Waals surface area contributed by atoms with Crippen molar-refractivity contribution in [3.63, 3.8) is 0 Å². The monoisotopic (exact) mass is 198 g/mol. The number of aliphatic hydroxyl groups excluding tert-OH is 1. The van der Waals surface area contributed by atoms with Gasteiger partial charge in [-0.3, -0.25) is 0 Å². The summed E-state index contributed by atoms with van der Waals surface area (Å²) in [5, 5.41) is 19.3. The van der Waals surface area contributed by atoms with Crippen LogP contribution in [0.2, 0.25) is 0 Å². The standard InChI is InChI=1S/C10H14O4/c1-3-14-9(12)10(13)6-4-5-8(11)7(10)2/h4-7,11,13H,3H2,1-2H3. The second kappa shape index (κ2) is 3.84. The third-order valence-corrected chi connectivity index (χ3v) is 2.32. The molecule has 2 N–H and O–H groups in total. The molecule has 1 rings (SSSR count). The summed E-state index contributed by atoms with van der Waals surface area (Å²) in [4.78, 5) is 11.4. The Morgan fingerprint density at radius 1 is 1.71 bits per heavy atom. The van der Waals surface area contributed by atoms with Gasteiger partial charge in [0.05, 0.1) is 18.3 Å². The summed E-state index contributed by atoms with van der Waals surface area (Å²) in [6.07, 6.45) is 4.21. The molecule has 78 valence electrons. The summed E-state index contributed by atoms with van der Waals surface area (Å²) in [6, 6.07) is 0. The Bertz CT molecular complexity index is 292. The van der Waals surface area contributed by atoms with Crippen LogP contribution in [0.4, 0.5) is 0 Å². The lowest BCUT2D eigenvalue weighted by Crippen LogP contribution is -2.46. The molecular formula is C10H14O4. The molecule has 0 heterocycles. The van der Waals surface area contributed by atoms with E-state index < -0.39 is 17.5 Å². The highest BCUT2D eigenvalue weighted by Crippen LogP contribution is 2.29. The first-order chi connectivity index (χ1) is 6.52. The highest BCUT2D eigenvalue weighted by molar-refractivity contribution is 5.83. The molecule has 4 nitrogen and oxygen atoms in total. The molecule has 0 bridgehead atoms. The Labute approximate surface area is 82.5 Å². The molecule has 0 spiro atoms. The SMILES string of the molecule is CCOC(=O)C1(O)C=CC=C(O)C1C. The summed E-state index contributed by atoms with van der Waals surface area (Å²) in [6.45, 7) is 3.42. The fraction of sp³-hybridized carbons (Fsp3) is 0.500. The topological polar surface area (TPSA) is 66.8 Å². The molecule has 0 saturated carbocycles. The molecule has 14 heavy (non-hydrogen) atoms. The Balaban J connectivity index is 2.90. The first-order valence-corrected chi connectivity index (χ1v) is 4.50. The van der Waals surface area contributed by atoms with E-state index in [9.17, 15) is 15.0 Å². The zero-order valence-corrected chi connectivity index (χ0v) is 8.23. The van der Waals surface area contributed by atoms with Gasteiger partial charge in [0.15, 0.2) is 5.60 Å². The number of hydrogen-bond acceptors (Lipinski definition) is 4. The van der Waals surface area contributed by atoms with Gasteiger partial charge in [-0.2, -0.15) is 0 Å². The second-order valence-electron chi connectivity index (χ2n) is 3.22. The number of ether oxygens (including phenoxy) is 1. The number of carbonyl (C=O) groups is 1. The average Bonchev–Trinajstić information content (AvgIpc) is 2.14. The van der Waals surface area contributed by atoms with Crippen molar-refractivity contribution in [3.8, 4) is 0 Å². The minimum atomic E-state index is -1.74. The first-order valence-electron chi connectivity index (χ1n) is 4.50. The van der Waals surface area contributed by atoms with Crippen molar-refractivity contribution in [1.82, 2.24) is 0 Å². The van der Waals surface area contributed by atoms with Crippen LogP contribution < -0.4 is 0 Å². The Morgan fingerprint density at radius 2 is 2.36 bits per heavy atom. The van der Waals surface area contributed by atoms with E-state index in [1.54, 1.807) is 13.8 Å². The van der Waals surface area contributed by atoms with Gasteiger partial charge >= 0.3 is 5.97 Å². The largest absolute Gasteiger partial charge is 0.512 e. The third-order valence-electron chi connectivity index (χ3n) is 2.32. The number of allylic oxidation sites excluding steroid dienone is 2. The fourth-order valence-corrected chi connectivity index (χ4v) is 1.30. The minimum absolute atomic E-state index is 0.0250. The lowest BCUT2D eigenvalue weighted by atomic mass is 9.84. The maximum atomic E-state index is 11.4. The van der Waals surface area contributed by atoms with Crippen molar-refractivity contribution < 1.29 is 19.7 Å². The van der Waals surface area contributed by atoms with Crippen LogP contribution in [0, 0.1) is 5.92 Å². The molecule has 0 fully saturated rings. The van der Waals surface area contributed by atoms with E-state index in [-0.39, 0.29) is 12.4 Å². The predicted octanol–water partition coefficient (Wildman–Crippen LogP) is 0.928. The smallest absolute Gasteiger partial charge is 0.342 e. The highest BCUT2D eigenvalue weighted by Gasteiger charge is 2.43. The van der Waals surface area contributed by atoms with Crippen molar-refractivity contribution in [2.24, 2.45) is 5.92 Å². The van der Waals surface area contributed by atoms with Crippen LogP contribution in [-0.4, -0.2) is 28.4 Å². The summed E-state index contributed by atoms with van der Waals surface area (Å²) in [7, 11) is 0. The fourth-order valence-electron chi connectivity index (χ4n) is 1.30. The Morgan fingerprint density at radius 3 is 2.93 bits per heavy atom. The Hall–Kier alpha value is -1.29. The van der Waals surface area contributed by atoms with Gasteiger partial charge in [0.1, 0.15) is 0 Å². The molecule has 1 aliphatic carbocycles. The van der Waals surface area contributed by atoms with E-state index in [0.29, 0.717) is 0 Å². The van der Waals surface area contributed by atoms with Crippen LogP contribution in [-0.2, 0) is 9.53 Å². The first kappa shape index (κ1) is 10.8. The van der Waals surface area contributed by atoms with E-state index >= 15 is 0 Å². The van der Waals surface area contributed by atoms with E-state index in [4.69, 9.17) is 4.74 Å². The van der Waals surface area contributed by atoms with E-state index in [1.807, 2.05) is 0 Å². The Kier molecular flexibility index (Phi) is 2.96. The van der Waals surface area contributed by atoms with Crippen molar-refractivity contribution >= 4 is 5.97 Å². The van der Waals surface area contributed by atoms with Crippen molar-refractivity contribution in [2.45, 2.75) is 19.4 Å². The number of carbonyl (C=O) groups excluding carboxylic acids is 1. The number of esters is 1. The second-order valence-corrected chi connectivity index (χ2v) is 3.22. The predicted molar refractivity (Wildman–Crippen MR) is 50.6 cm³/mol. The van der Waals surface area contributed by atoms with E-state index in [2.05, 4.69) is 0 Å². The lowest BCUT2D eigenvalue weighted by molar-refractivity contribution is -0.164. The minimum Gasteiger partial charge on any atom is -0.512 e. The van der Waals surface area contributed by atoms with Gasteiger partial charge in [0.25, 0.3) is 0 Å². The molecule has 0 aliphatic heterocycles. The lowest BCUT2D eigenvalue weighted by Gasteiger charge is -2.30. The molecule has 0 radical (unpaired) electrons. The molecule has 4 heteroatoms. The molecule has 0 aromatic heterocycles. The van der Waals surface area contributed by atoms with Gasteiger partial charge in [-0.15, -0.1) is 0 Å². The molecule has 2 atom stereocenters. The molecule has 2 unspecified atom stereocenters. The summed E-state index contributed by atoms with van der Waals surface area (Å²) in [5.41, 5.74) is -1.74. The maximum absolute atomic E-state index is 11.4. The molecule has 1 aliphatic rings. The summed E-state index contributed by atoms with van der Waals surface area (Å²) < 4.78 is 4.72. The van der Waals surface area contributed by atoms with Crippen molar-refractivity contribution in [1.29, 1.82) is 0 Å². The highest BCUT2D eigenvalue weighted by atomic mass is 16.5. The van der Waals surface area contributed by atoms with Gasteiger partial charge in [-0.1, -0.05) is 13.0 Å². The van der Waals surface area contributed by atoms with Gasteiger partial charge in [-0.05, 0) is 19.1 Å². The van der Waals surface area contributed by atoms with E-state index in [0.717, 1.165) is 0 Å². The van der Waals surface area contributed by atoms with E-state index in [1.165, 1.54) is 18.2 Å². The molecule has 0 aromatic rings. The van der Waals surface area contributed by atoms with Gasteiger partial charge in [0.2, 0.25) is 0 Å². The van der Waals surface area contributed by atoms with Crippen LogP contribution in [0.1, 0.15) is 13.8 Å². The van der Waals surface area contributed by atoms with Crippen LogP contribution in [0.3, 0.4) is 0 Å². The summed E-state index contributed by atoms with van der Waals surface area (Å²) >= 11 is 0. The molecule has 0 amide bonds. The van der Waals surface area contributed by atoms with Gasteiger partial charge in [-0.25, -0.2) is 4.79 Å². The van der Waals surface area contributed by atoms with Crippen molar-refractivity contribution in [3.05, 3.63) is 24.0 Å². The van der Waals surface area contributed by atoms with Crippen molar-refractivity contribution in [2.75, 3.05) is 6.61 Å². The number of aliphatic hydroxyl groups is 2. The molecule has 0 saturated heterocycles. The zero-order valence-electron chi connectivity index (χ0n) is 8.23. The molecule has 0 aromatic carbocycles. The van der Waals surface area contributed by atoms with Crippen LogP contribution in [0.15, 0.2) is 24.0 Å². The number of rotatable bonds is 2. The quantitative estimate of drug-likeness (QED) is 0.648. The maximum Gasteiger partial charge on any atom is 0.342 e. The molecular weight excluding hydrogens is 184 g/mol. The van der Waals surface area contributed by atoms with Crippen LogP contribution in [0.25, 0.3) is 0 Å². The van der Waals surface area contributed by atoms with Gasteiger partial charge < -0.3 is 14.9 Å².